The average molecular weight is 511 g/mol. The van der Waals surface area contributed by atoms with Crippen LogP contribution in [0.4, 0.5) is 9.59 Å². The van der Waals surface area contributed by atoms with Crippen LogP contribution in [-0.2, 0) is 23.8 Å². The molecule has 0 spiro atoms. The number of ether oxygens (including phenoxy) is 3. The topological polar surface area (TPSA) is 144 Å². The molecular weight excluding hydrogens is 468 g/mol. The molecule has 11 nitrogen and oxygen atoms in total. The Labute approximate surface area is 213 Å². The zero-order chi connectivity index (χ0) is 27.7. The van der Waals surface area contributed by atoms with Crippen LogP contribution < -0.4 is 16.0 Å². The second kappa shape index (κ2) is 13.3. The average Bonchev–Trinajstić information content (AvgIpc) is 3.10. The van der Waals surface area contributed by atoms with Crippen molar-refractivity contribution < 1.29 is 33.4 Å². The molecule has 0 radical (unpaired) electrons. The summed E-state index contributed by atoms with van der Waals surface area (Å²) in [5.41, 5.74) is -1.57. The summed E-state index contributed by atoms with van der Waals surface area (Å²) >= 11 is 0. The van der Waals surface area contributed by atoms with Gasteiger partial charge in [-0.3, -0.25) is 20.2 Å². The quantitative estimate of drug-likeness (QED) is 0.163. The highest BCUT2D eigenvalue weighted by Crippen LogP contribution is 2.37. The summed E-state index contributed by atoms with van der Waals surface area (Å²) in [6.45, 7) is 13.6. The molecule has 36 heavy (non-hydrogen) atoms. The van der Waals surface area contributed by atoms with Crippen LogP contribution in [0.5, 0.6) is 0 Å². The first-order chi connectivity index (χ1) is 16.5. The lowest BCUT2D eigenvalue weighted by molar-refractivity contribution is -0.145. The Morgan fingerprint density at radius 2 is 1.50 bits per heavy atom. The van der Waals surface area contributed by atoms with E-state index < -0.39 is 41.4 Å². The lowest BCUT2D eigenvalue weighted by atomic mass is 9.93. The van der Waals surface area contributed by atoms with Gasteiger partial charge in [0.2, 0.25) is 11.9 Å². The van der Waals surface area contributed by atoms with Gasteiger partial charge < -0.3 is 19.5 Å². The molecule has 1 fully saturated rings. The highest BCUT2D eigenvalue weighted by atomic mass is 16.6. The van der Waals surface area contributed by atoms with E-state index in [-0.39, 0.29) is 23.8 Å². The van der Waals surface area contributed by atoms with E-state index in [9.17, 15) is 19.2 Å². The number of methoxy groups -OCH3 is 1. The Balaban J connectivity index is 3.39. The fourth-order valence-electron chi connectivity index (χ4n) is 3.82. The van der Waals surface area contributed by atoms with Gasteiger partial charge >= 0.3 is 18.2 Å². The second-order valence-electron chi connectivity index (χ2n) is 10.7. The first-order valence-corrected chi connectivity index (χ1v) is 12.1. The number of carbonyl (C=O) groups is 4. The summed E-state index contributed by atoms with van der Waals surface area (Å²) in [5.74, 6) is -1.58. The number of nitrogens with zero attached hydrogens (tertiary/aromatic N) is 1. The number of carbonyl (C=O) groups excluding carboxylic acids is 4. The summed E-state index contributed by atoms with van der Waals surface area (Å²) in [5, 5.41) is 7.86. The first kappa shape index (κ1) is 30.9. The Hall–Kier alpha value is -3.11. The number of hydrogen-bond acceptors (Lipinski definition) is 8. The number of rotatable bonds is 6. The Bertz CT molecular complexity index is 823. The lowest BCUT2D eigenvalue weighted by Crippen LogP contribution is -2.48. The van der Waals surface area contributed by atoms with Crippen molar-refractivity contribution in [2.45, 2.75) is 97.9 Å². The monoisotopic (exact) mass is 510 g/mol. The lowest BCUT2D eigenvalue weighted by Gasteiger charge is -2.26. The minimum atomic E-state index is -0.819. The summed E-state index contributed by atoms with van der Waals surface area (Å²) in [6, 6.07) is -0.970. The van der Waals surface area contributed by atoms with Gasteiger partial charge in [-0.2, -0.15) is 0 Å². The zero-order valence-electron chi connectivity index (χ0n) is 22.9. The van der Waals surface area contributed by atoms with Crippen molar-refractivity contribution in [2.24, 2.45) is 16.8 Å². The van der Waals surface area contributed by atoms with Crippen LogP contribution in [0.1, 0.15) is 74.7 Å². The fraction of sp³-hybridized carbons (Fsp3) is 0.720. The van der Waals surface area contributed by atoms with E-state index in [1.165, 1.54) is 14.0 Å². The minimum absolute atomic E-state index is 0.180. The molecule has 0 bridgehead atoms. The van der Waals surface area contributed by atoms with Crippen LogP contribution >= 0.6 is 0 Å². The maximum absolute atomic E-state index is 12.5. The number of alkyl carbamates (subject to hydrolysis) is 2. The number of amides is 3. The van der Waals surface area contributed by atoms with E-state index in [1.54, 1.807) is 41.5 Å². The first-order valence-electron chi connectivity index (χ1n) is 12.1. The second-order valence-corrected chi connectivity index (χ2v) is 10.7. The molecule has 0 aliphatic heterocycles. The predicted octanol–water partition coefficient (Wildman–Crippen LogP) is 3.43. The van der Waals surface area contributed by atoms with Crippen LogP contribution in [0.2, 0.25) is 0 Å². The van der Waals surface area contributed by atoms with E-state index in [1.807, 2.05) is 19.1 Å². The number of hydrogen-bond donors (Lipinski definition) is 3. The van der Waals surface area contributed by atoms with Crippen molar-refractivity contribution in [2.75, 3.05) is 7.11 Å². The molecule has 0 heterocycles. The number of aliphatic imine (C=N–C) groups is 1. The highest BCUT2D eigenvalue weighted by Gasteiger charge is 2.42. The summed E-state index contributed by atoms with van der Waals surface area (Å²) < 4.78 is 15.6. The molecule has 204 valence electrons. The molecule has 11 heteroatoms. The third-order valence-electron chi connectivity index (χ3n) is 5.06. The minimum Gasteiger partial charge on any atom is -0.469 e. The number of guanidine groups is 1. The maximum Gasteiger partial charge on any atom is 0.414 e. The summed E-state index contributed by atoms with van der Waals surface area (Å²) in [7, 11) is 1.32. The van der Waals surface area contributed by atoms with Gasteiger partial charge in [0.25, 0.3) is 0 Å². The predicted molar refractivity (Wildman–Crippen MR) is 135 cm³/mol. The van der Waals surface area contributed by atoms with E-state index in [2.05, 4.69) is 20.9 Å². The third kappa shape index (κ3) is 11.5. The summed E-state index contributed by atoms with van der Waals surface area (Å²) in [6.07, 6.45) is 3.60. The molecule has 2 unspecified atom stereocenters. The highest BCUT2D eigenvalue weighted by molar-refractivity contribution is 6.01. The third-order valence-corrected chi connectivity index (χ3v) is 5.06. The number of esters is 1. The molecule has 4 atom stereocenters. The smallest absolute Gasteiger partial charge is 0.414 e. The van der Waals surface area contributed by atoms with Crippen molar-refractivity contribution in [3.05, 3.63) is 12.2 Å². The Kier molecular flexibility index (Phi) is 11.4. The maximum atomic E-state index is 12.5. The Morgan fingerprint density at radius 3 is 1.92 bits per heavy atom. The van der Waals surface area contributed by atoms with Gasteiger partial charge in [0.1, 0.15) is 11.2 Å². The van der Waals surface area contributed by atoms with Gasteiger partial charge in [0.05, 0.1) is 25.1 Å². The van der Waals surface area contributed by atoms with Crippen LogP contribution in [0.3, 0.4) is 0 Å². The molecule has 0 saturated heterocycles. The van der Waals surface area contributed by atoms with Crippen molar-refractivity contribution >= 4 is 30.0 Å². The van der Waals surface area contributed by atoms with Gasteiger partial charge in [-0.15, -0.1) is 0 Å². The molecule has 0 aromatic rings. The van der Waals surface area contributed by atoms with Crippen molar-refractivity contribution in [1.82, 2.24) is 16.0 Å². The van der Waals surface area contributed by atoms with E-state index >= 15 is 0 Å². The zero-order valence-corrected chi connectivity index (χ0v) is 22.9. The van der Waals surface area contributed by atoms with Crippen molar-refractivity contribution in [3.8, 4) is 0 Å². The van der Waals surface area contributed by atoms with E-state index in [0.717, 1.165) is 6.42 Å². The number of allylic oxidation sites excluding steroid dienone is 1. The van der Waals surface area contributed by atoms with Crippen LogP contribution in [-0.4, -0.2) is 60.4 Å². The molecule has 1 aliphatic carbocycles. The molecule has 0 aromatic carbocycles. The fourth-order valence-corrected chi connectivity index (χ4v) is 3.82. The van der Waals surface area contributed by atoms with Gasteiger partial charge in [-0.25, -0.2) is 14.6 Å². The van der Waals surface area contributed by atoms with Gasteiger partial charge in [0, 0.05) is 12.8 Å². The normalized spacial score (nSPS) is 20.8. The van der Waals surface area contributed by atoms with E-state index in [0.29, 0.717) is 12.8 Å². The molecule has 1 rings (SSSR count). The van der Waals surface area contributed by atoms with Crippen LogP contribution in [0, 0.1) is 11.8 Å². The molecule has 1 aliphatic rings. The van der Waals surface area contributed by atoms with Crippen LogP contribution in [0.25, 0.3) is 0 Å². The molecule has 1 saturated carbocycles. The SMILES string of the molecule is CC/C=C/C(NC(C)=O)[C@@H]1CC(C(=O)OC)C[C@H]1N=C(NC(=O)OC(C)(C)C)NC(=O)OC(C)(C)C. The van der Waals surface area contributed by atoms with Crippen molar-refractivity contribution in [1.29, 1.82) is 0 Å². The molecule has 3 N–H and O–H groups in total. The largest absolute Gasteiger partial charge is 0.469 e. The van der Waals surface area contributed by atoms with Crippen molar-refractivity contribution in [3.63, 3.8) is 0 Å². The molecular formula is C25H42N4O7. The van der Waals surface area contributed by atoms with E-state index in [4.69, 9.17) is 14.2 Å². The number of nitrogens with one attached hydrogen (secondary N) is 3. The van der Waals surface area contributed by atoms with Gasteiger partial charge in [-0.1, -0.05) is 19.1 Å². The van der Waals surface area contributed by atoms with Crippen LogP contribution in [0.15, 0.2) is 17.1 Å². The summed E-state index contributed by atoms with van der Waals surface area (Å²) in [4.78, 5) is 53.8. The van der Waals surface area contributed by atoms with Gasteiger partial charge in [0.15, 0.2) is 0 Å². The molecule has 0 aromatic heterocycles. The molecule has 3 amide bonds. The standard InChI is InChI=1S/C25H42N4O7/c1-10-11-12-18(26-15(2)30)17-13-16(20(31)34-9)14-19(17)27-21(28-22(32)35-24(3,4)5)29-23(33)36-25(6,7)8/h11-12,16-19H,10,13-14H2,1-9H3,(H,26,30)(H2,27,28,29,32,33)/b12-11+/t16?,17-,18?,19+/m0/s1. The van der Waals surface area contributed by atoms with Gasteiger partial charge in [-0.05, 0) is 60.8 Å². The Morgan fingerprint density at radius 1 is 0.972 bits per heavy atom.